The maximum atomic E-state index is 12.9. The van der Waals surface area contributed by atoms with E-state index in [4.69, 9.17) is 56.8 Å². The van der Waals surface area contributed by atoms with E-state index in [1.807, 2.05) is 24.3 Å². The van der Waals surface area contributed by atoms with Crippen molar-refractivity contribution in [3.63, 3.8) is 0 Å². The topological polar surface area (TPSA) is 145 Å². The molecule has 16 heteroatoms. The van der Waals surface area contributed by atoms with Gasteiger partial charge in [0.25, 0.3) is 0 Å². The number of likely N-dealkylation sites (N-methyl/N-ethyl adjacent to an activating group) is 2. The minimum atomic E-state index is -0.156. The predicted molar refractivity (Wildman–Crippen MR) is 292 cm³/mol. The van der Waals surface area contributed by atoms with Gasteiger partial charge >= 0.3 is 11.9 Å². The zero-order chi connectivity index (χ0) is 54.8. The van der Waals surface area contributed by atoms with Crippen LogP contribution in [0.25, 0.3) is 0 Å². The summed E-state index contributed by atoms with van der Waals surface area (Å²) in [5.74, 6) is 6.10. The second-order valence-electron chi connectivity index (χ2n) is 20.4. The van der Waals surface area contributed by atoms with Crippen LogP contribution in [0.15, 0.2) is 48.5 Å². The van der Waals surface area contributed by atoms with Gasteiger partial charge in [-0.2, -0.15) is 0 Å². The van der Waals surface area contributed by atoms with Crippen LogP contribution in [0.2, 0.25) is 0 Å². The fourth-order valence-electron chi connectivity index (χ4n) is 11.4. The first-order chi connectivity index (χ1) is 36.7. The van der Waals surface area contributed by atoms with E-state index in [-0.39, 0.29) is 24.0 Å². The molecule has 0 saturated carbocycles. The Morgan fingerprint density at radius 1 is 0.408 bits per heavy atom. The van der Waals surface area contributed by atoms with Gasteiger partial charge in [0.2, 0.25) is 11.5 Å². The monoisotopic (exact) mass is 1060 g/mol. The molecule has 0 fully saturated rings. The zero-order valence-electron chi connectivity index (χ0n) is 47.5. The molecule has 2 aliphatic heterocycles. The van der Waals surface area contributed by atoms with Gasteiger partial charge in [-0.05, 0) is 83.6 Å². The molecule has 0 radical (unpaired) electrons. The summed E-state index contributed by atoms with van der Waals surface area (Å²) in [6.45, 7) is 4.21. The molecule has 2 heterocycles. The molecule has 0 unspecified atom stereocenters. The Morgan fingerprint density at radius 2 is 0.724 bits per heavy atom. The number of hydrogen-bond acceptors (Lipinski definition) is 14. The van der Waals surface area contributed by atoms with Crippen LogP contribution in [0.1, 0.15) is 110 Å². The van der Waals surface area contributed by atoms with Crippen LogP contribution in [0, 0.1) is 0 Å². The van der Waals surface area contributed by atoms with Crippen molar-refractivity contribution < 1.29 is 75.4 Å². The van der Waals surface area contributed by atoms with E-state index < -0.39 is 0 Å². The first-order valence-corrected chi connectivity index (χ1v) is 26.8. The Balaban J connectivity index is 0.909. The van der Waals surface area contributed by atoms with Gasteiger partial charge in [0.1, 0.15) is 12.1 Å². The molecule has 0 amide bonds. The molecule has 0 aliphatic carbocycles. The molecule has 0 spiro atoms. The van der Waals surface area contributed by atoms with Gasteiger partial charge in [0.05, 0.1) is 125 Å². The lowest BCUT2D eigenvalue weighted by Crippen LogP contribution is -2.52. The van der Waals surface area contributed by atoms with Gasteiger partial charge < -0.3 is 65.8 Å². The Labute approximate surface area is 451 Å². The number of nitrogens with zero attached hydrogens (tertiary/aromatic N) is 2. The van der Waals surface area contributed by atoms with Gasteiger partial charge in [-0.25, -0.2) is 0 Å². The van der Waals surface area contributed by atoms with E-state index in [2.05, 4.69) is 38.4 Å². The summed E-state index contributed by atoms with van der Waals surface area (Å²) in [6, 6.07) is 16.7. The normalized spacial score (nSPS) is 18.6. The average molecular weight is 1060 g/mol. The van der Waals surface area contributed by atoms with Crippen molar-refractivity contribution in [3.8, 4) is 57.5 Å². The molecule has 4 aromatic carbocycles. The number of quaternary nitrogens is 2. The second-order valence-corrected chi connectivity index (χ2v) is 20.4. The predicted octanol–water partition coefficient (Wildman–Crippen LogP) is 10.0. The summed E-state index contributed by atoms with van der Waals surface area (Å²) < 4.78 is 70.0. The standard InChI is InChI=1S/C60H86N2O14/c1-61(27-23-43-37-49(65-3)51(67-5)39-45(43)47(61)31-41-33-53(69-7)59(73-11)54(34-41)70-8)25-19-29-75-57(63)21-17-15-13-14-16-18-22-58(64)76-30-20-26-62(2)28-24-44-38-50(66-4)52(68-6)40-46(44)48(62)32-42-35-55(71-9)60(74-12)56(36-42)72-10/h33-40,47-48H,13-32H2,1-12H3/q+2/t47-,48+,61-,62+. The van der Waals surface area contributed by atoms with E-state index in [9.17, 15) is 9.59 Å². The number of hydrogen-bond donors (Lipinski definition) is 0. The number of rotatable bonds is 31. The number of benzene rings is 4. The maximum Gasteiger partial charge on any atom is 0.305 e. The van der Waals surface area contributed by atoms with Crippen LogP contribution in [0.4, 0.5) is 0 Å². The van der Waals surface area contributed by atoms with E-state index >= 15 is 0 Å². The molecule has 0 saturated heterocycles. The van der Waals surface area contributed by atoms with Crippen LogP contribution in [0.5, 0.6) is 57.5 Å². The number of unbranched alkanes of at least 4 members (excludes halogenated alkanes) is 5. The van der Waals surface area contributed by atoms with Crippen molar-refractivity contribution in [2.45, 2.75) is 102 Å². The summed E-state index contributed by atoms with van der Waals surface area (Å²) in [6.07, 6.45) is 10.9. The number of carbonyl (C=O) groups is 2. The highest BCUT2D eigenvalue weighted by molar-refractivity contribution is 5.69. The SMILES string of the molecule is COc1cc2c(cc1OC)[C@@H](Cc1cc(OC)c(OC)c(OC)c1)[N@+](C)(CCCOC(=O)CCCCCCCCC(=O)OCCC[N@@+]1(C)CCc3cc(OC)c(OC)cc3[C@@H]1Cc1cc(OC)c(OC)c(OC)c1)CC2. The highest BCUT2D eigenvalue weighted by Crippen LogP contribution is 2.47. The molecule has 16 nitrogen and oxygen atoms in total. The molecular formula is C60H86N2O14+2. The molecule has 0 N–H and O–H groups in total. The fourth-order valence-corrected chi connectivity index (χ4v) is 11.4. The summed E-state index contributed by atoms with van der Waals surface area (Å²) in [5.41, 5.74) is 7.02. The van der Waals surface area contributed by atoms with Gasteiger partial charge in [-0.3, -0.25) is 9.59 Å². The number of esters is 2. The van der Waals surface area contributed by atoms with Crippen molar-refractivity contribution >= 4 is 11.9 Å². The quantitative estimate of drug-likeness (QED) is 0.0268. The summed E-state index contributed by atoms with van der Waals surface area (Å²) in [4.78, 5) is 25.7. The molecule has 0 aromatic heterocycles. The summed E-state index contributed by atoms with van der Waals surface area (Å²) >= 11 is 0. The van der Waals surface area contributed by atoms with Crippen LogP contribution in [0.3, 0.4) is 0 Å². The van der Waals surface area contributed by atoms with Crippen molar-refractivity contribution in [3.05, 3.63) is 81.9 Å². The molecule has 76 heavy (non-hydrogen) atoms. The third kappa shape index (κ3) is 14.4. The number of ether oxygens (including phenoxy) is 12. The van der Waals surface area contributed by atoms with Gasteiger partial charge in [0, 0.05) is 62.5 Å². The van der Waals surface area contributed by atoms with E-state index in [0.29, 0.717) is 84.9 Å². The first-order valence-electron chi connectivity index (χ1n) is 26.8. The Bertz CT molecular complexity index is 2330. The first kappa shape index (κ1) is 59.0. The minimum absolute atomic E-state index is 0.0764. The lowest BCUT2D eigenvalue weighted by atomic mass is 9.86. The van der Waals surface area contributed by atoms with Crippen LogP contribution >= 0.6 is 0 Å². The van der Waals surface area contributed by atoms with Gasteiger partial charge in [0.15, 0.2) is 46.0 Å². The van der Waals surface area contributed by atoms with Gasteiger partial charge in [-0.1, -0.05) is 25.7 Å². The largest absolute Gasteiger partial charge is 0.493 e. The van der Waals surface area contributed by atoms with Crippen molar-refractivity contribution in [2.24, 2.45) is 0 Å². The van der Waals surface area contributed by atoms with Crippen LogP contribution in [-0.2, 0) is 44.7 Å². The lowest BCUT2D eigenvalue weighted by molar-refractivity contribution is -0.941. The summed E-state index contributed by atoms with van der Waals surface area (Å²) in [7, 11) is 21.0. The third-order valence-corrected chi connectivity index (χ3v) is 15.8. The van der Waals surface area contributed by atoms with E-state index in [1.54, 1.807) is 71.1 Å². The second kappa shape index (κ2) is 28.2. The maximum absolute atomic E-state index is 12.9. The number of methoxy groups -OCH3 is 10. The van der Waals surface area contributed by atoms with Crippen molar-refractivity contribution in [1.29, 1.82) is 0 Å². The third-order valence-electron chi connectivity index (χ3n) is 15.8. The molecule has 418 valence electrons. The van der Waals surface area contributed by atoms with Crippen LogP contribution < -0.4 is 47.4 Å². The number of carbonyl (C=O) groups excluding carboxylic acids is 2. The fraction of sp³-hybridized carbons (Fsp3) is 0.567. The Morgan fingerprint density at radius 3 is 1.04 bits per heavy atom. The molecule has 2 aliphatic rings. The molecule has 4 aromatic rings. The molecular weight excluding hydrogens is 973 g/mol. The van der Waals surface area contributed by atoms with E-state index in [1.165, 1.54) is 22.3 Å². The average Bonchev–Trinajstić information content (AvgIpc) is 3.47. The summed E-state index contributed by atoms with van der Waals surface area (Å²) in [5, 5.41) is 0. The van der Waals surface area contributed by atoms with Gasteiger partial charge in [-0.15, -0.1) is 0 Å². The molecule has 6 rings (SSSR count). The van der Waals surface area contributed by atoms with E-state index in [0.717, 1.165) is 122 Å². The smallest absolute Gasteiger partial charge is 0.305 e. The number of fused-ring (bicyclic) bond motifs is 2. The van der Waals surface area contributed by atoms with Crippen LogP contribution in [-0.4, -0.2) is 145 Å². The zero-order valence-corrected chi connectivity index (χ0v) is 47.5. The van der Waals surface area contributed by atoms with Crippen molar-refractivity contribution in [1.82, 2.24) is 0 Å². The lowest BCUT2D eigenvalue weighted by Gasteiger charge is -2.46. The highest BCUT2D eigenvalue weighted by atomic mass is 16.6. The van der Waals surface area contributed by atoms with Crippen molar-refractivity contribution in [2.75, 3.05) is 125 Å². The molecule has 4 atom stereocenters. The Kier molecular flexibility index (Phi) is 21.9. The molecule has 0 bridgehead atoms. The minimum Gasteiger partial charge on any atom is -0.493 e. The highest BCUT2D eigenvalue weighted by Gasteiger charge is 2.42. The Hall–Kier alpha value is -6.26.